The average Bonchev–Trinajstić information content (AvgIpc) is 3.32. The molecule has 32 heavy (non-hydrogen) atoms. The highest BCUT2D eigenvalue weighted by atomic mass is 32.1. The second kappa shape index (κ2) is 7.33. The number of amides is 1. The van der Waals surface area contributed by atoms with E-state index >= 15 is 0 Å². The maximum atomic E-state index is 13.0. The molecule has 0 spiro atoms. The molecule has 1 unspecified atom stereocenters. The van der Waals surface area contributed by atoms with Crippen LogP contribution in [-0.4, -0.2) is 27.8 Å². The van der Waals surface area contributed by atoms with E-state index in [4.69, 9.17) is 4.74 Å². The van der Waals surface area contributed by atoms with Gasteiger partial charge >= 0.3 is 6.18 Å². The lowest BCUT2D eigenvalue weighted by atomic mass is 9.85. The third kappa shape index (κ3) is 3.40. The summed E-state index contributed by atoms with van der Waals surface area (Å²) in [6, 6.07) is 10.5. The number of hydrogen-bond acceptors (Lipinski definition) is 5. The first-order valence-electron chi connectivity index (χ1n) is 9.76. The standard InChI is InChI=1S/C22H17F3N4O2S/c1-11-19-15(12-3-5-13(6-4-12)22(23,24)25)10-18(30)27-20(19)29(28-11)21-26-16-8-7-14(31-2)9-17(16)32-21/h3-9,15H,10H2,1-2H3,(H,27,30). The van der Waals surface area contributed by atoms with Crippen LogP contribution in [-0.2, 0) is 11.0 Å². The number of aryl methyl sites for hydroxylation is 1. The minimum absolute atomic E-state index is 0.127. The summed E-state index contributed by atoms with van der Waals surface area (Å²) in [5.41, 5.74) is 2.14. The molecule has 0 radical (unpaired) electrons. The lowest BCUT2D eigenvalue weighted by molar-refractivity contribution is -0.137. The van der Waals surface area contributed by atoms with Crippen LogP contribution in [0.1, 0.15) is 34.7 Å². The fraction of sp³-hybridized carbons (Fsp3) is 0.227. The third-order valence-electron chi connectivity index (χ3n) is 5.51. The van der Waals surface area contributed by atoms with E-state index in [2.05, 4.69) is 15.4 Å². The zero-order valence-corrected chi connectivity index (χ0v) is 17.8. The fourth-order valence-corrected chi connectivity index (χ4v) is 4.94. The van der Waals surface area contributed by atoms with Gasteiger partial charge in [0.1, 0.15) is 11.6 Å². The van der Waals surface area contributed by atoms with E-state index in [9.17, 15) is 18.0 Å². The Hall–Kier alpha value is -3.40. The molecular weight excluding hydrogens is 441 g/mol. The molecule has 2 aromatic carbocycles. The largest absolute Gasteiger partial charge is 0.497 e. The number of rotatable bonds is 3. The number of carbonyl (C=O) groups excluding carboxylic acids is 1. The zero-order valence-electron chi connectivity index (χ0n) is 17.0. The Balaban J connectivity index is 1.59. The van der Waals surface area contributed by atoms with Gasteiger partial charge in [0, 0.05) is 17.9 Å². The first-order valence-corrected chi connectivity index (χ1v) is 10.6. The molecule has 3 heterocycles. The summed E-state index contributed by atoms with van der Waals surface area (Å²) in [5, 5.41) is 8.05. The summed E-state index contributed by atoms with van der Waals surface area (Å²) in [6.45, 7) is 1.82. The second-order valence-electron chi connectivity index (χ2n) is 7.51. The van der Waals surface area contributed by atoms with Crippen LogP contribution in [0.3, 0.4) is 0 Å². The number of anilines is 1. The molecular formula is C22H17F3N4O2S. The molecule has 5 rings (SSSR count). The number of nitrogens with zero attached hydrogens (tertiary/aromatic N) is 3. The summed E-state index contributed by atoms with van der Waals surface area (Å²) in [6.07, 6.45) is -4.29. The molecule has 6 nitrogen and oxygen atoms in total. The average molecular weight is 458 g/mol. The van der Waals surface area contributed by atoms with Gasteiger partial charge in [0.05, 0.1) is 28.6 Å². The Morgan fingerprint density at radius 3 is 2.62 bits per heavy atom. The van der Waals surface area contributed by atoms with Crippen LogP contribution in [0.5, 0.6) is 5.75 Å². The zero-order chi connectivity index (χ0) is 22.6. The van der Waals surface area contributed by atoms with Gasteiger partial charge in [-0.2, -0.15) is 23.0 Å². The van der Waals surface area contributed by atoms with Crippen molar-refractivity contribution in [2.24, 2.45) is 0 Å². The third-order valence-corrected chi connectivity index (χ3v) is 6.50. The lowest BCUT2D eigenvalue weighted by Gasteiger charge is -2.24. The van der Waals surface area contributed by atoms with Gasteiger partial charge in [-0.25, -0.2) is 4.98 Å². The van der Waals surface area contributed by atoms with Crippen molar-refractivity contribution in [2.75, 3.05) is 12.4 Å². The Kier molecular flexibility index (Phi) is 4.70. The topological polar surface area (TPSA) is 69.0 Å². The van der Waals surface area contributed by atoms with Gasteiger partial charge in [-0.15, -0.1) is 0 Å². The molecule has 0 fully saturated rings. The van der Waals surface area contributed by atoms with Crippen molar-refractivity contribution >= 4 is 33.3 Å². The molecule has 0 aliphatic carbocycles. The molecule has 1 atom stereocenters. The van der Waals surface area contributed by atoms with E-state index < -0.39 is 17.7 Å². The summed E-state index contributed by atoms with van der Waals surface area (Å²) in [5.74, 6) is 0.576. The van der Waals surface area contributed by atoms with Gasteiger partial charge in [-0.3, -0.25) is 4.79 Å². The predicted octanol–water partition coefficient (Wildman–Crippen LogP) is 5.29. The number of alkyl halides is 3. The highest BCUT2D eigenvalue weighted by Crippen LogP contribution is 2.42. The predicted molar refractivity (Wildman–Crippen MR) is 115 cm³/mol. The monoisotopic (exact) mass is 458 g/mol. The molecule has 0 saturated heterocycles. The molecule has 0 saturated carbocycles. The van der Waals surface area contributed by atoms with Gasteiger partial charge < -0.3 is 10.1 Å². The molecule has 1 N–H and O–H groups in total. The van der Waals surface area contributed by atoms with Crippen molar-refractivity contribution in [1.29, 1.82) is 0 Å². The number of aromatic nitrogens is 3. The molecule has 1 aliphatic heterocycles. The van der Waals surface area contributed by atoms with Gasteiger partial charge in [0.15, 0.2) is 0 Å². The summed E-state index contributed by atoms with van der Waals surface area (Å²) in [7, 11) is 1.59. The van der Waals surface area contributed by atoms with Crippen LogP contribution < -0.4 is 10.1 Å². The molecule has 1 amide bonds. The number of hydrogen-bond donors (Lipinski definition) is 1. The van der Waals surface area contributed by atoms with E-state index in [0.29, 0.717) is 28.0 Å². The number of thiazole rings is 1. The van der Waals surface area contributed by atoms with Crippen molar-refractivity contribution in [1.82, 2.24) is 14.8 Å². The van der Waals surface area contributed by atoms with E-state index in [1.807, 2.05) is 25.1 Å². The van der Waals surface area contributed by atoms with Crippen LogP contribution in [0.2, 0.25) is 0 Å². The van der Waals surface area contributed by atoms with Crippen LogP contribution in [0, 0.1) is 6.92 Å². The van der Waals surface area contributed by atoms with E-state index in [-0.39, 0.29) is 12.3 Å². The van der Waals surface area contributed by atoms with Crippen molar-refractivity contribution in [3.05, 3.63) is 64.8 Å². The first-order chi connectivity index (χ1) is 15.2. The Morgan fingerprint density at radius 1 is 1.19 bits per heavy atom. The maximum absolute atomic E-state index is 13.0. The fourth-order valence-electron chi connectivity index (χ4n) is 3.99. The van der Waals surface area contributed by atoms with E-state index in [1.165, 1.54) is 23.5 Å². The summed E-state index contributed by atoms with van der Waals surface area (Å²) >= 11 is 1.40. The Morgan fingerprint density at radius 2 is 1.94 bits per heavy atom. The lowest BCUT2D eigenvalue weighted by Crippen LogP contribution is -2.25. The number of benzene rings is 2. The number of halogens is 3. The maximum Gasteiger partial charge on any atom is 0.416 e. The molecule has 10 heteroatoms. The highest BCUT2D eigenvalue weighted by Gasteiger charge is 2.35. The van der Waals surface area contributed by atoms with Crippen molar-refractivity contribution in [3.63, 3.8) is 0 Å². The Bertz CT molecular complexity index is 1340. The van der Waals surface area contributed by atoms with Crippen molar-refractivity contribution in [3.8, 4) is 10.9 Å². The molecule has 164 valence electrons. The van der Waals surface area contributed by atoms with Crippen LogP contribution in [0.4, 0.5) is 19.0 Å². The second-order valence-corrected chi connectivity index (χ2v) is 8.52. The van der Waals surface area contributed by atoms with Gasteiger partial charge in [0.2, 0.25) is 11.0 Å². The van der Waals surface area contributed by atoms with Crippen LogP contribution in [0.25, 0.3) is 15.3 Å². The number of ether oxygens (including phenoxy) is 1. The van der Waals surface area contributed by atoms with E-state index in [1.54, 1.807) is 11.8 Å². The summed E-state index contributed by atoms with van der Waals surface area (Å²) in [4.78, 5) is 17.1. The number of fused-ring (bicyclic) bond motifs is 2. The minimum Gasteiger partial charge on any atom is -0.497 e. The van der Waals surface area contributed by atoms with Crippen LogP contribution in [0.15, 0.2) is 42.5 Å². The number of methoxy groups -OCH3 is 1. The number of nitrogens with one attached hydrogen (secondary N) is 1. The molecule has 1 aliphatic rings. The molecule has 4 aromatic rings. The highest BCUT2D eigenvalue weighted by molar-refractivity contribution is 7.20. The SMILES string of the molecule is COc1ccc2nc(-n3nc(C)c4c3NC(=O)CC4c3ccc(C(F)(F)F)cc3)sc2c1. The normalized spacial score (nSPS) is 16.2. The van der Waals surface area contributed by atoms with Crippen LogP contribution >= 0.6 is 11.3 Å². The first kappa shape index (κ1) is 20.5. The Labute approximate surface area is 184 Å². The van der Waals surface area contributed by atoms with Crippen molar-refractivity contribution < 1.29 is 22.7 Å². The molecule has 0 bridgehead atoms. The van der Waals surface area contributed by atoms with Gasteiger partial charge in [0.25, 0.3) is 0 Å². The molecule has 2 aromatic heterocycles. The van der Waals surface area contributed by atoms with Gasteiger partial charge in [-0.1, -0.05) is 23.5 Å². The number of carbonyl (C=O) groups is 1. The smallest absolute Gasteiger partial charge is 0.416 e. The minimum atomic E-state index is -4.41. The van der Waals surface area contributed by atoms with Crippen molar-refractivity contribution in [2.45, 2.75) is 25.4 Å². The van der Waals surface area contributed by atoms with Gasteiger partial charge in [-0.05, 0) is 42.8 Å². The summed E-state index contributed by atoms with van der Waals surface area (Å²) < 4.78 is 46.7. The quantitative estimate of drug-likeness (QED) is 0.453. The van der Waals surface area contributed by atoms with E-state index in [0.717, 1.165) is 27.9 Å².